The van der Waals surface area contributed by atoms with Gasteiger partial charge in [0.2, 0.25) is 5.91 Å². The molecule has 90 valence electrons. The molecule has 0 aliphatic carbocycles. The van der Waals surface area contributed by atoms with Crippen LogP contribution in [0.3, 0.4) is 0 Å². The van der Waals surface area contributed by atoms with E-state index < -0.39 is 0 Å². The Bertz CT molecular complexity index is 376. The van der Waals surface area contributed by atoms with Crippen molar-refractivity contribution in [3.8, 4) is 0 Å². The highest BCUT2D eigenvalue weighted by Gasteiger charge is 2.14. The van der Waals surface area contributed by atoms with E-state index in [0.717, 1.165) is 9.90 Å². The van der Waals surface area contributed by atoms with Gasteiger partial charge in [0.15, 0.2) is 5.13 Å². The van der Waals surface area contributed by atoms with Crippen LogP contribution in [0.1, 0.15) is 19.5 Å². The third kappa shape index (κ3) is 3.38. The Morgan fingerprint density at radius 2 is 2.25 bits per heavy atom. The standard InChI is InChI=1S/C10H17N3OS2/c1-6(2)13(4)8(14)5-15-9-7(3)12-10(11)16-9/h6H,5H2,1-4H3,(H2,11,12). The lowest BCUT2D eigenvalue weighted by Crippen LogP contribution is -2.34. The van der Waals surface area contributed by atoms with Gasteiger partial charge in [0, 0.05) is 13.1 Å². The van der Waals surface area contributed by atoms with Gasteiger partial charge in [-0.15, -0.1) is 11.8 Å². The predicted octanol–water partition coefficient (Wildman–Crippen LogP) is 1.99. The minimum atomic E-state index is 0.131. The zero-order valence-electron chi connectivity index (χ0n) is 9.98. The molecule has 0 aliphatic heterocycles. The molecular weight excluding hydrogens is 242 g/mol. The van der Waals surface area contributed by atoms with E-state index >= 15 is 0 Å². The maximum atomic E-state index is 11.7. The van der Waals surface area contributed by atoms with Gasteiger partial charge in [0.1, 0.15) is 0 Å². The van der Waals surface area contributed by atoms with E-state index in [-0.39, 0.29) is 11.9 Å². The summed E-state index contributed by atoms with van der Waals surface area (Å²) in [5.74, 6) is 0.573. The van der Waals surface area contributed by atoms with E-state index in [4.69, 9.17) is 5.73 Å². The van der Waals surface area contributed by atoms with E-state index in [2.05, 4.69) is 4.98 Å². The smallest absolute Gasteiger partial charge is 0.232 e. The molecule has 6 heteroatoms. The lowest BCUT2D eigenvalue weighted by Gasteiger charge is -2.20. The van der Waals surface area contributed by atoms with Gasteiger partial charge in [-0.05, 0) is 20.8 Å². The molecule has 0 bridgehead atoms. The van der Waals surface area contributed by atoms with Crippen LogP contribution >= 0.6 is 23.1 Å². The molecule has 0 atom stereocenters. The van der Waals surface area contributed by atoms with Gasteiger partial charge in [-0.3, -0.25) is 4.79 Å². The first-order valence-electron chi connectivity index (χ1n) is 5.03. The summed E-state index contributed by atoms with van der Waals surface area (Å²) in [6.45, 7) is 5.91. The monoisotopic (exact) mass is 259 g/mol. The number of hydrogen-bond acceptors (Lipinski definition) is 5. The molecule has 0 aliphatic rings. The predicted molar refractivity (Wildman–Crippen MR) is 69.9 cm³/mol. The van der Waals surface area contributed by atoms with Crippen molar-refractivity contribution in [3.63, 3.8) is 0 Å². The van der Waals surface area contributed by atoms with Gasteiger partial charge < -0.3 is 10.6 Å². The molecular formula is C10H17N3OS2. The molecule has 1 aromatic rings. The number of hydrogen-bond donors (Lipinski definition) is 1. The number of carbonyl (C=O) groups is 1. The van der Waals surface area contributed by atoms with Crippen LogP contribution in [0.2, 0.25) is 0 Å². The average molecular weight is 259 g/mol. The number of thioether (sulfide) groups is 1. The molecule has 0 radical (unpaired) electrons. The summed E-state index contributed by atoms with van der Waals surface area (Å²) in [6, 6.07) is 0.237. The summed E-state index contributed by atoms with van der Waals surface area (Å²) < 4.78 is 1.03. The number of nitrogens with two attached hydrogens (primary N) is 1. The molecule has 1 heterocycles. The molecule has 1 aromatic heterocycles. The maximum Gasteiger partial charge on any atom is 0.232 e. The van der Waals surface area contributed by atoms with E-state index in [1.807, 2.05) is 27.8 Å². The summed E-state index contributed by atoms with van der Waals surface area (Å²) in [5.41, 5.74) is 6.50. The van der Waals surface area contributed by atoms with E-state index in [1.54, 1.807) is 4.90 Å². The minimum Gasteiger partial charge on any atom is -0.375 e. The van der Waals surface area contributed by atoms with Crippen molar-refractivity contribution in [2.75, 3.05) is 18.5 Å². The van der Waals surface area contributed by atoms with Crippen molar-refractivity contribution in [1.82, 2.24) is 9.88 Å². The normalized spacial score (nSPS) is 10.8. The van der Waals surface area contributed by atoms with Crippen LogP contribution in [0.5, 0.6) is 0 Å². The molecule has 16 heavy (non-hydrogen) atoms. The number of nitrogens with zero attached hydrogens (tertiary/aromatic N) is 2. The Labute approximate surface area is 104 Å². The number of nitrogen functional groups attached to an aromatic ring is 1. The summed E-state index contributed by atoms with van der Waals surface area (Å²) in [6.07, 6.45) is 0. The Balaban J connectivity index is 2.52. The fourth-order valence-corrected chi connectivity index (χ4v) is 3.00. The van der Waals surface area contributed by atoms with Gasteiger partial charge in [-0.2, -0.15) is 0 Å². The second kappa shape index (κ2) is 5.54. The molecule has 1 amide bonds. The number of rotatable bonds is 4. The van der Waals surface area contributed by atoms with Gasteiger partial charge in [0.05, 0.1) is 15.7 Å². The van der Waals surface area contributed by atoms with E-state index in [0.29, 0.717) is 10.9 Å². The molecule has 0 saturated heterocycles. The van der Waals surface area contributed by atoms with Crippen LogP contribution in [-0.2, 0) is 4.79 Å². The van der Waals surface area contributed by atoms with Crippen LogP contribution in [0.15, 0.2) is 4.21 Å². The quantitative estimate of drug-likeness (QED) is 0.840. The summed E-state index contributed by atoms with van der Waals surface area (Å²) in [5, 5.41) is 0.560. The molecule has 4 nitrogen and oxygen atoms in total. The number of anilines is 1. The Kier molecular flexibility index (Phi) is 4.61. The lowest BCUT2D eigenvalue weighted by atomic mass is 10.3. The molecule has 0 fully saturated rings. The Morgan fingerprint density at radius 1 is 1.62 bits per heavy atom. The average Bonchev–Trinajstić information content (AvgIpc) is 2.52. The fourth-order valence-electron chi connectivity index (χ4n) is 1.05. The van der Waals surface area contributed by atoms with Crippen LogP contribution in [-0.4, -0.2) is 34.6 Å². The molecule has 0 spiro atoms. The molecule has 0 unspecified atom stereocenters. The second-order valence-electron chi connectivity index (χ2n) is 3.81. The van der Waals surface area contributed by atoms with E-state index in [9.17, 15) is 4.79 Å². The topological polar surface area (TPSA) is 59.2 Å². The minimum absolute atomic E-state index is 0.131. The first-order chi connectivity index (χ1) is 7.41. The van der Waals surface area contributed by atoms with Crippen LogP contribution in [0, 0.1) is 6.92 Å². The third-order valence-electron chi connectivity index (χ3n) is 2.27. The highest BCUT2D eigenvalue weighted by Crippen LogP contribution is 2.30. The van der Waals surface area contributed by atoms with Crippen LogP contribution in [0.25, 0.3) is 0 Å². The molecule has 1 rings (SSSR count). The van der Waals surface area contributed by atoms with Crippen molar-refractivity contribution >= 4 is 34.1 Å². The number of aryl methyl sites for hydroxylation is 1. The highest BCUT2D eigenvalue weighted by atomic mass is 32.2. The van der Waals surface area contributed by atoms with Crippen LogP contribution < -0.4 is 5.73 Å². The van der Waals surface area contributed by atoms with Crippen molar-refractivity contribution in [2.45, 2.75) is 31.0 Å². The number of amides is 1. The Morgan fingerprint density at radius 3 is 2.69 bits per heavy atom. The SMILES string of the molecule is Cc1nc(N)sc1SCC(=O)N(C)C(C)C. The fraction of sp³-hybridized carbons (Fsp3) is 0.600. The first kappa shape index (κ1) is 13.3. The molecule has 0 saturated carbocycles. The second-order valence-corrected chi connectivity index (χ2v) is 6.09. The Hall–Kier alpha value is -0.750. The summed E-state index contributed by atoms with van der Waals surface area (Å²) >= 11 is 2.94. The summed E-state index contributed by atoms with van der Waals surface area (Å²) in [7, 11) is 1.82. The number of aromatic nitrogens is 1. The number of thiazole rings is 1. The van der Waals surface area contributed by atoms with Crippen molar-refractivity contribution in [2.24, 2.45) is 0 Å². The summed E-state index contributed by atoms with van der Waals surface area (Å²) in [4.78, 5) is 17.6. The van der Waals surface area contributed by atoms with E-state index in [1.165, 1.54) is 23.1 Å². The van der Waals surface area contributed by atoms with Gasteiger partial charge in [0.25, 0.3) is 0 Å². The third-order valence-corrected chi connectivity index (χ3v) is 4.60. The maximum absolute atomic E-state index is 11.7. The largest absolute Gasteiger partial charge is 0.375 e. The van der Waals surface area contributed by atoms with Crippen LogP contribution in [0.4, 0.5) is 5.13 Å². The zero-order valence-corrected chi connectivity index (χ0v) is 11.6. The zero-order chi connectivity index (χ0) is 12.3. The lowest BCUT2D eigenvalue weighted by molar-refractivity contribution is -0.128. The van der Waals surface area contributed by atoms with Crippen molar-refractivity contribution in [3.05, 3.63) is 5.69 Å². The highest BCUT2D eigenvalue weighted by molar-refractivity contribution is 8.01. The van der Waals surface area contributed by atoms with Gasteiger partial charge in [-0.25, -0.2) is 4.98 Å². The van der Waals surface area contributed by atoms with Gasteiger partial charge in [-0.1, -0.05) is 11.3 Å². The van der Waals surface area contributed by atoms with Crippen molar-refractivity contribution in [1.29, 1.82) is 0 Å². The van der Waals surface area contributed by atoms with Gasteiger partial charge >= 0.3 is 0 Å². The first-order valence-corrected chi connectivity index (χ1v) is 6.83. The molecule has 2 N–H and O–H groups in total. The number of carbonyl (C=O) groups excluding carboxylic acids is 1. The molecule has 0 aromatic carbocycles. The van der Waals surface area contributed by atoms with Crippen molar-refractivity contribution < 1.29 is 4.79 Å².